The van der Waals surface area contributed by atoms with Crippen LogP contribution in [0.25, 0.3) is 0 Å². The zero-order valence-corrected chi connectivity index (χ0v) is 13.5. The van der Waals surface area contributed by atoms with Crippen LogP contribution in [0.3, 0.4) is 0 Å². The van der Waals surface area contributed by atoms with Gasteiger partial charge < -0.3 is 20.1 Å². The van der Waals surface area contributed by atoms with Crippen molar-refractivity contribution in [3.63, 3.8) is 0 Å². The molecule has 0 aliphatic rings. The third kappa shape index (κ3) is 4.44. The number of rotatable bonds is 5. The lowest BCUT2D eigenvalue weighted by molar-refractivity contribution is 0.262. The first kappa shape index (κ1) is 16.3. The standard InChI is InChI=1S/C18H16N4O3/c1-24-16-10-6-5-9-15(16)22-17(23)21-13-11-19-18(20-12-13)25-14-7-3-2-4-8-14/h2-12H,1H3,(H2,21,22,23). The minimum absolute atomic E-state index is 0.196. The molecule has 0 unspecified atom stereocenters. The second kappa shape index (κ2) is 7.78. The molecule has 1 heterocycles. The van der Waals surface area contributed by atoms with Gasteiger partial charge in [-0.25, -0.2) is 14.8 Å². The molecule has 25 heavy (non-hydrogen) atoms. The number of nitrogens with one attached hydrogen (secondary N) is 2. The summed E-state index contributed by atoms with van der Waals surface area (Å²) in [6.45, 7) is 0. The number of carbonyl (C=O) groups excluding carboxylic acids is 1. The molecule has 0 saturated heterocycles. The number of nitrogens with zero attached hydrogens (tertiary/aromatic N) is 2. The molecule has 0 atom stereocenters. The number of hydrogen-bond donors (Lipinski definition) is 2. The summed E-state index contributed by atoms with van der Waals surface area (Å²) < 4.78 is 10.7. The number of hydrogen-bond acceptors (Lipinski definition) is 5. The van der Waals surface area contributed by atoms with Crippen molar-refractivity contribution in [2.45, 2.75) is 0 Å². The van der Waals surface area contributed by atoms with Gasteiger partial charge in [0, 0.05) is 0 Å². The van der Waals surface area contributed by atoms with Crippen molar-refractivity contribution >= 4 is 17.4 Å². The van der Waals surface area contributed by atoms with Crippen LogP contribution in [0.4, 0.5) is 16.2 Å². The van der Waals surface area contributed by atoms with E-state index in [4.69, 9.17) is 9.47 Å². The second-order valence-electron chi connectivity index (χ2n) is 4.95. The molecule has 0 radical (unpaired) electrons. The first-order chi connectivity index (χ1) is 12.2. The third-order valence-electron chi connectivity index (χ3n) is 3.19. The number of benzene rings is 2. The summed E-state index contributed by atoms with van der Waals surface area (Å²) in [4.78, 5) is 20.2. The fraction of sp³-hybridized carbons (Fsp3) is 0.0556. The van der Waals surface area contributed by atoms with Gasteiger partial charge in [-0.2, -0.15) is 0 Å². The Morgan fingerprint density at radius 2 is 1.60 bits per heavy atom. The predicted molar refractivity (Wildman–Crippen MR) is 94.2 cm³/mol. The molecule has 3 aromatic rings. The minimum atomic E-state index is -0.426. The van der Waals surface area contributed by atoms with E-state index < -0.39 is 6.03 Å². The van der Waals surface area contributed by atoms with Crippen LogP contribution in [0.15, 0.2) is 67.0 Å². The Hall–Kier alpha value is -3.61. The summed E-state index contributed by atoms with van der Waals surface area (Å²) in [6, 6.07) is 16.1. The van der Waals surface area contributed by atoms with Crippen LogP contribution in [0.5, 0.6) is 17.5 Å². The molecule has 7 nitrogen and oxygen atoms in total. The van der Waals surface area contributed by atoms with E-state index in [1.807, 2.05) is 24.3 Å². The molecule has 0 bridgehead atoms. The first-order valence-corrected chi connectivity index (χ1v) is 7.50. The van der Waals surface area contributed by atoms with Gasteiger partial charge in [-0.15, -0.1) is 0 Å². The molecule has 126 valence electrons. The fourth-order valence-corrected chi connectivity index (χ4v) is 2.06. The van der Waals surface area contributed by atoms with E-state index >= 15 is 0 Å². The smallest absolute Gasteiger partial charge is 0.323 e. The maximum atomic E-state index is 12.1. The maximum absolute atomic E-state index is 12.1. The molecule has 0 aliphatic carbocycles. The average molecular weight is 336 g/mol. The van der Waals surface area contributed by atoms with Crippen LogP contribution >= 0.6 is 0 Å². The van der Waals surface area contributed by atoms with Crippen molar-refractivity contribution < 1.29 is 14.3 Å². The highest BCUT2D eigenvalue weighted by atomic mass is 16.5. The van der Waals surface area contributed by atoms with Crippen molar-refractivity contribution in [3.8, 4) is 17.5 Å². The van der Waals surface area contributed by atoms with Gasteiger partial charge in [-0.3, -0.25) is 0 Å². The van der Waals surface area contributed by atoms with Gasteiger partial charge in [0.25, 0.3) is 0 Å². The van der Waals surface area contributed by atoms with E-state index in [1.54, 1.807) is 30.3 Å². The second-order valence-corrected chi connectivity index (χ2v) is 4.95. The van der Waals surface area contributed by atoms with Crippen molar-refractivity contribution in [2.75, 3.05) is 17.7 Å². The zero-order chi connectivity index (χ0) is 17.5. The summed E-state index contributed by atoms with van der Waals surface area (Å²) in [6.07, 6.45) is 2.93. The summed E-state index contributed by atoms with van der Waals surface area (Å²) in [5.74, 6) is 1.21. The molecule has 0 saturated carbocycles. The average Bonchev–Trinajstić information content (AvgIpc) is 2.64. The number of para-hydroxylation sites is 3. The molecular formula is C18H16N4O3. The highest BCUT2D eigenvalue weighted by molar-refractivity contribution is 6.00. The highest BCUT2D eigenvalue weighted by Gasteiger charge is 2.08. The minimum Gasteiger partial charge on any atom is -0.495 e. The lowest BCUT2D eigenvalue weighted by atomic mass is 10.3. The van der Waals surface area contributed by atoms with Gasteiger partial charge in [0.1, 0.15) is 11.5 Å². The Morgan fingerprint density at radius 1 is 0.920 bits per heavy atom. The monoisotopic (exact) mass is 336 g/mol. The topological polar surface area (TPSA) is 85.4 Å². The SMILES string of the molecule is COc1ccccc1NC(=O)Nc1cnc(Oc2ccccc2)nc1. The van der Waals surface area contributed by atoms with Gasteiger partial charge in [0.15, 0.2) is 0 Å². The van der Waals surface area contributed by atoms with E-state index in [2.05, 4.69) is 20.6 Å². The van der Waals surface area contributed by atoms with Crippen molar-refractivity contribution in [1.29, 1.82) is 0 Å². The van der Waals surface area contributed by atoms with Crippen LogP contribution in [0.1, 0.15) is 0 Å². The largest absolute Gasteiger partial charge is 0.495 e. The maximum Gasteiger partial charge on any atom is 0.323 e. The fourth-order valence-electron chi connectivity index (χ4n) is 2.06. The Labute approximate surface area is 144 Å². The Morgan fingerprint density at radius 3 is 2.32 bits per heavy atom. The Bertz CT molecular complexity index is 838. The summed E-state index contributed by atoms with van der Waals surface area (Å²) in [7, 11) is 1.54. The quantitative estimate of drug-likeness (QED) is 0.737. The van der Waals surface area contributed by atoms with Crippen LogP contribution in [0, 0.1) is 0 Å². The molecule has 0 aliphatic heterocycles. The van der Waals surface area contributed by atoms with E-state index in [1.165, 1.54) is 19.5 Å². The van der Waals surface area contributed by atoms with Gasteiger partial charge in [0.05, 0.1) is 30.9 Å². The molecule has 0 fully saturated rings. The van der Waals surface area contributed by atoms with Gasteiger partial charge in [-0.05, 0) is 24.3 Å². The normalized spacial score (nSPS) is 9.96. The number of methoxy groups -OCH3 is 1. The molecule has 1 aromatic heterocycles. The van der Waals surface area contributed by atoms with Crippen LogP contribution in [-0.4, -0.2) is 23.1 Å². The van der Waals surface area contributed by atoms with Crippen molar-refractivity contribution in [1.82, 2.24) is 9.97 Å². The van der Waals surface area contributed by atoms with Crippen LogP contribution in [-0.2, 0) is 0 Å². The Kier molecular flexibility index (Phi) is 5.06. The predicted octanol–water partition coefficient (Wildman–Crippen LogP) is 3.92. The molecule has 2 N–H and O–H groups in total. The van der Waals surface area contributed by atoms with E-state index in [9.17, 15) is 4.79 Å². The number of amides is 2. The van der Waals surface area contributed by atoms with E-state index in [0.717, 1.165) is 0 Å². The van der Waals surface area contributed by atoms with Gasteiger partial charge >= 0.3 is 12.0 Å². The number of urea groups is 1. The summed E-state index contributed by atoms with van der Waals surface area (Å²) in [5, 5.41) is 5.35. The molecule has 7 heteroatoms. The van der Waals surface area contributed by atoms with Crippen LogP contribution < -0.4 is 20.1 Å². The highest BCUT2D eigenvalue weighted by Crippen LogP contribution is 2.23. The molecular weight excluding hydrogens is 320 g/mol. The lowest BCUT2D eigenvalue weighted by Gasteiger charge is -2.10. The van der Waals surface area contributed by atoms with E-state index in [0.29, 0.717) is 22.9 Å². The third-order valence-corrected chi connectivity index (χ3v) is 3.19. The van der Waals surface area contributed by atoms with Crippen LogP contribution in [0.2, 0.25) is 0 Å². The molecule has 0 spiro atoms. The summed E-state index contributed by atoms with van der Waals surface area (Å²) >= 11 is 0. The Balaban J connectivity index is 1.60. The molecule has 2 amide bonds. The number of anilines is 2. The molecule has 3 rings (SSSR count). The van der Waals surface area contributed by atoms with Crippen molar-refractivity contribution in [2.24, 2.45) is 0 Å². The first-order valence-electron chi connectivity index (χ1n) is 7.50. The number of carbonyl (C=O) groups is 1. The van der Waals surface area contributed by atoms with Gasteiger partial charge in [0.2, 0.25) is 0 Å². The van der Waals surface area contributed by atoms with Crippen molar-refractivity contribution in [3.05, 3.63) is 67.0 Å². The lowest BCUT2D eigenvalue weighted by Crippen LogP contribution is -2.20. The van der Waals surface area contributed by atoms with E-state index in [-0.39, 0.29) is 6.01 Å². The number of aromatic nitrogens is 2. The molecule has 2 aromatic carbocycles. The zero-order valence-electron chi connectivity index (χ0n) is 13.5. The van der Waals surface area contributed by atoms with Gasteiger partial charge in [-0.1, -0.05) is 30.3 Å². The summed E-state index contributed by atoms with van der Waals surface area (Å²) in [5.41, 5.74) is 1.00. The number of ether oxygens (including phenoxy) is 2.